The first-order valence-electron chi connectivity index (χ1n) is 6.53. The molecule has 4 nitrogen and oxygen atoms in total. The summed E-state index contributed by atoms with van der Waals surface area (Å²) in [5.41, 5.74) is 7.53. The minimum Gasteiger partial charge on any atom is -0.497 e. The molecule has 1 aromatic carbocycles. The SMILES string of the molecule is COC(=O)C(N)C12CC(c3ccc(OC)cc3)(C1)C2. The second-order valence-corrected chi connectivity index (χ2v) is 5.90. The van der Waals surface area contributed by atoms with Crippen molar-refractivity contribution in [1.29, 1.82) is 0 Å². The zero-order valence-electron chi connectivity index (χ0n) is 11.3. The van der Waals surface area contributed by atoms with E-state index in [1.807, 2.05) is 12.1 Å². The van der Waals surface area contributed by atoms with Gasteiger partial charge in [0.25, 0.3) is 0 Å². The predicted octanol–water partition coefficient (Wildman–Crippen LogP) is 1.62. The number of hydrogen-bond donors (Lipinski definition) is 1. The van der Waals surface area contributed by atoms with Crippen molar-refractivity contribution in [3.05, 3.63) is 29.8 Å². The number of methoxy groups -OCH3 is 2. The summed E-state index contributed by atoms with van der Waals surface area (Å²) in [5.74, 6) is 0.583. The maximum atomic E-state index is 11.5. The Kier molecular flexibility index (Phi) is 2.61. The molecule has 0 aliphatic heterocycles. The Morgan fingerprint density at radius 3 is 2.26 bits per heavy atom. The quantitative estimate of drug-likeness (QED) is 0.837. The summed E-state index contributed by atoms with van der Waals surface area (Å²) in [5, 5.41) is 0. The number of carbonyl (C=O) groups is 1. The van der Waals surface area contributed by atoms with Gasteiger partial charge in [0.15, 0.2) is 0 Å². The van der Waals surface area contributed by atoms with E-state index in [2.05, 4.69) is 12.1 Å². The van der Waals surface area contributed by atoms with Gasteiger partial charge in [0, 0.05) is 0 Å². The van der Waals surface area contributed by atoms with Gasteiger partial charge in [0.1, 0.15) is 11.8 Å². The highest BCUT2D eigenvalue weighted by atomic mass is 16.5. The second kappa shape index (κ2) is 3.97. The second-order valence-electron chi connectivity index (χ2n) is 5.90. The van der Waals surface area contributed by atoms with Crippen LogP contribution in [0, 0.1) is 5.41 Å². The van der Waals surface area contributed by atoms with Gasteiger partial charge in [-0.05, 0) is 47.8 Å². The molecule has 0 saturated heterocycles. The molecule has 1 atom stereocenters. The molecule has 1 unspecified atom stereocenters. The van der Waals surface area contributed by atoms with Gasteiger partial charge in [0.2, 0.25) is 0 Å². The molecular formula is C15H19NO3. The van der Waals surface area contributed by atoms with Crippen LogP contribution in [0.25, 0.3) is 0 Å². The van der Waals surface area contributed by atoms with Crippen LogP contribution in [0.15, 0.2) is 24.3 Å². The fraction of sp³-hybridized carbons (Fsp3) is 0.533. The van der Waals surface area contributed by atoms with Crippen molar-refractivity contribution in [2.24, 2.45) is 11.1 Å². The average molecular weight is 261 g/mol. The number of carbonyl (C=O) groups excluding carboxylic acids is 1. The van der Waals surface area contributed by atoms with Crippen LogP contribution < -0.4 is 10.5 Å². The minimum absolute atomic E-state index is 0.0208. The van der Waals surface area contributed by atoms with Gasteiger partial charge in [0.05, 0.1) is 14.2 Å². The summed E-state index contributed by atoms with van der Waals surface area (Å²) in [6.07, 6.45) is 2.97. The van der Waals surface area contributed by atoms with Gasteiger partial charge < -0.3 is 15.2 Å². The van der Waals surface area contributed by atoms with Crippen molar-refractivity contribution >= 4 is 5.97 Å². The van der Waals surface area contributed by atoms with E-state index in [4.69, 9.17) is 15.2 Å². The van der Waals surface area contributed by atoms with E-state index in [1.54, 1.807) is 7.11 Å². The molecule has 2 N–H and O–H groups in total. The van der Waals surface area contributed by atoms with E-state index < -0.39 is 6.04 Å². The highest BCUT2D eigenvalue weighted by Gasteiger charge is 2.71. The molecule has 3 saturated carbocycles. The zero-order chi connectivity index (χ0) is 13.7. The first-order valence-corrected chi connectivity index (χ1v) is 6.53. The monoisotopic (exact) mass is 261 g/mol. The van der Waals surface area contributed by atoms with Crippen LogP contribution in [-0.2, 0) is 14.9 Å². The van der Waals surface area contributed by atoms with E-state index in [0.29, 0.717) is 0 Å². The van der Waals surface area contributed by atoms with Crippen LogP contribution in [0.1, 0.15) is 24.8 Å². The average Bonchev–Trinajstić information content (AvgIpc) is 2.35. The third-order valence-corrected chi connectivity index (χ3v) is 4.89. The van der Waals surface area contributed by atoms with Crippen molar-refractivity contribution in [2.75, 3.05) is 14.2 Å². The number of nitrogens with two attached hydrogens (primary N) is 1. The highest BCUT2D eigenvalue weighted by molar-refractivity contribution is 5.77. The van der Waals surface area contributed by atoms with Crippen molar-refractivity contribution in [1.82, 2.24) is 0 Å². The van der Waals surface area contributed by atoms with Crippen LogP contribution in [-0.4, -0.2) is 26.2 Å². The molecule has 3 aliphatic rings. The summed E-state index contributed by atoms with van der Waals surface area (Å²) in [7, 11) is 3.06. The van der Waals surface area contributed by atoms with Crippen molar-refractivity contribution < 1.29 is 14.3 Å². The number of benzene rings is 1. The molecule has 3 fully saturated rings. The molecule has 0 heterocycles. The number of hydrogen-bond acceptors (Lipinski definition) is 4. The van der Waals surface area contributed by atoms with E-state index in [9.17, 15) is 4.79 Å². The Balaban J connectivity index is 1.70. The van der Waals surface area contributed by atoms with Gasteiger partial charge >= 0.3 is 5.97 Å². The van der Waals surface area contributed by atoms with E-state index in [0.717, 1.165) is 25.0 Å². The lowest BCUT2D eigenvalue weighted by Gasteiger charge is -2.72. The molecule has 3 aliphatic carbocycles. The Morgan fingerprint density at radius 2 is 1.79 bits per heavy atom. The first kappa shape index (κ1) is 12.5. The first-order chi connectivity index (χ1) is 9.05. The molecule has 0 radical (unpaired) electrons. The number of esters is 1. The summed E-state index contributed by atoms with van der Waals surface area (Å²) in [4.78, 5) is 11.5. The number of rotatable bonds is 4. The lowest BCUT2D eigenvalue weighted by Crippen LogP contribution is -2.72. The largest absolute Gasteiger partial charge is 0.497 e. The Hall–Kier alpha value is -1.55. The molecule has 19 heavy (non-hydrogen) atoms. The minimum atomic E-state index is -0.474. The van der Waals surface area contributed by atoms with Gasteiger partial charge in [-0.25, -0.2) is 0 Å². The van der Waals surface area contributed by atoms with Gasteiger partial charge in [-0.2, -0.15) is 0 Å². The Morgan fingerprint density at radius 1 is 1.21 bits per heavy atom. The van der Waals surface area contributed by atoms with Gasteiger partial charge in [-0.1, -0.05) is 12.1 Å². The third-order valence-electron chi connectivity index (χ3n) is 4.89. The maximum Gasteiger partial charge on any atom is 0.323 e. The Bertz CT molecular complexity index is 489. The molecule has 0 amide bonds. The van der Waals surface area contributed by atoms with Crippen LogP contribution in [0.3, 0.4) is 0 Å². The molecule has 4 heteroatoms. The lowest BCUT2D eigenvalue weighted by atomic mass is 9.31. The van der Waals surface area contributed by atoms with Crippen LogP contribution in [0.2, 0.25) is 0 Å². The van der Waals surface area contributed by atoms with Crippen LogP contribution in [0.4, 0.5) is 0 Å². The van der Waals surface area contributed by atoms with Crippen molar-refractivity contribution in [3.63, 3.8) is 0 Å². The molecule has 2 bridgehead atoms. The smallest absolute Gasteiger partial charge is 0.323 e. The fourth-order valence-corrected chi connectivity index (χ4v) is 3.82. The van der Waals surface area contributed by atoms with E-state index >= 15 is 0 Å². The molecule has 4 rings (SSSR count). The summed E-state index contributed by atoms with van der Waals surface area (Å²) < 4.78 is 9.92. The summed E-state index contributed by atoms with van der Waals surface area (Å²) >= 11 is 0. The lowest BCUT2D eigenvalue weighted by molar-refractivity contribution is -0.181. The maximum absolute atomic E-state index is 11.5. The summed E-state index contributed by atoms with van der Waals surface area (Å²) in [6, 6.07) is 7.74. The number of ether oxygens (including phenoxy) is 2. The highest BCUT2D eigenvalue weighted by Crippen LogP contribution is 2.74. The molecular weight excluding hydrogens is 242 g/mol. The Labute approximate surface area is 112 Å². The normalized spacial score (nSPS) is 32.8. The third kappa shape index (κ3) is 1.59. The molecule has 0 spiro atoms. The van der Waals surface area contributed by atoms with E-state index in [1.165, 1.54) is 12.7 Å². The topological polar surface area (TPSA) is 61.5 Å². The molecule has 0 aromatic heterocycles. The molecule has 1 aromatic rings. The zero-order valence-corrected chi connectivity index (χ0v) is 11.3. The van der Waals surface area contributed by atoms with E-state index in [-0.39, 0.29) is 16.8 Å². The summed E-state index contributed by atoms with van der Waals surface area (Å²) in [6.45, 7) is 0. The standard InChI is InChI=1S/C15H19NO3/c1-18-11-5-3-10(4-6-11)14-7-15(8-14,9-14)12(16)13(17)19-2/h3-6,12H,7-9,16H2,1-2H3. The molecule has 102 valence electrons. The van der Waals surface area contributed by atoms with Crippen LogP contribution in [0.5, 0.6) is 5.75 Å². The van der Waals surface area contributed by atoms with Gasteiger partial charge in [-0.15, -0.1) is 0 Å². The van der Waals surface area contributed by atoms with Gasteiger partial charge in [-0.3, -0.25) is 4.79 Å². The van der Waals surface area contributed by atoms with Crippen molar-refractivity contribution in [3.8, 4) is 5.75 Å². The van der Waals surface area contributed by atoms with Crippen molar-refractivity contribution in [2.45, 2.75) is 30.7 Å². The fourth-order valence-electron chi connectivity index (χ4n) is 3.82. The van der Waals surface area contributed by atoms with Crippen LogP contribution >= 0.6 is 0 Å². The predicted molar refractivity (Wildman–Crippen MR) is 70.9 cm³/mol.